The summed E-state index contributed by atoms with van der Waals surface area (Å²) in [6, 6.07) is 6.13. The minimum Gasteiger partial charge on any atom is -0.462 e. The number of carbonyl (C=O) groups excluding carboxylic acids is 3. The lowest BCUT2D eigenvalue weighted by molar-refractivity contribution is -0.131. The highest BCUT2D eigenvalue weighted by Crippen LogP contribution is 2.18. The first-order valence-corrected chi connectivity index (χ1v) is 7.21. The molecule has 1 aromatic carbocycles. The van der Waals surface area contributed by atoms with Gasteiger partial charge in [-0.25, -0.2) is 4.79 Å². The number of carbonyl (C=O) groups is 3. The van der Waals surface area contributed by atoms with Crippen LogP contribution in [0.1, 0.15) is 34.6 Å². The summed E-state index contributed by atoms with van der Waals surface area (Å²) in [6.45, 7) is 3.17. The van der Waals surface area contributed by atoms with Crippen LogP contribution in [0.25, 0.3) is 0 Å². The van der Waals surface area contributed by atoms with Gasteiger partial charge < -0.3 is 14.8 Å². The van der Waals surface area contributed by atoms with Crippen LogP contribution >= 0.6 is 0 Å². The molecule has 0 fully saturated rings. The van der Waals surface area contributed by atoms with Gasteiger partial charge in [-0.15, -0.1) is 0 Å². The lowest BCUT2D eigenvalue weighted by Gasteiger charge is -2.09. The molecule has 1 amide bonds. The standard InChI is InChI=1S/C16H17N3O5/c1-4-23-16(22)13-9-17-19(3)14(13)18-15(21)11-6-5-7-12(8-11)24-10(2)20/h5-9H,4H2,1-3H3,(H,18,21). The van der Waals surface area contributed by atoms with Crippen LogP contribution in [0.3, 0.4) is 0 Å². The van der Waals surface area contributed by atoms with E-state index in [1.165, 1.54) is 23.9 Å². The first kappa shape index (κ1) is 17.2. The number of benzene rings is 1. The SMILES string of the molecule is CCOC(=O)c1cnn(C)c1NC(=O)c1cccc(OC(C)=O)c1. The zero-order valence-corrected chi connectivity index (χ0v) is 13.5. The second-order valence-electron chi connectivity index (χ2n) is 4.83. The molecule has 0 saturated heterocycles. The van der Waals surface area contributed by atoms with Crippen molar-refractivity contribution < 1.29 is 23.9 Å². The van der Waals surface area contributed by atoms with Crippen molar-refractivity contribution in [2.45, 2.75) is 13.8 Å². The van der Waals surface area contributed by atoms with Crippen LogP contribution in [-0.4, -0.2) is 34.2 Å². The average Bonchev–Trinajstić information content (AvgIpc) is 2.88. The number of hydrogen-bond donors (Lipinski definition) is 1. The van der Waals surface area contributed by atoms with Gasteiger partial charge in [-0.1, -0.05) is 6.07 Å². The molecule has 0 spiro atoms. The Hall–Kier alpha value is -3.16. The quantitative estimate of drug-likeness (QED) is 0.662. The summed E-state index contributed by atoms with van der Waals surface area (Å²) in [5.41, 5.74) is 0.425. The first-order chi connectivity index (χ1) is 11.4. The molecule has 8 heteroatoms. The zero-order chi connectivity index (χ0) is 17.7. The fourth-order valence-corrected chi connectivity index (χ4v) is 1.99. The Balaban J connectivity index is 2.23. The molecule has 0 bridgehead atoms. The molecule has 8 nitrogen and oxygen atoms in total. The molecule has 1 N–H and O–H groups in total. The maximum atomic E-state index is 12.4. The molecule has 0 unspecified atom stereocenters. The van der Waals surface area contributed by atoms with Crippen molar-refractivity contribution in [3.8, 4) is 5.75 Å². The summed E-state index contributed by atoms with van der Waals surface area (Å²) in [5, 5.41) is 6.57. The molecule has 0 aliphatic heterocycles. The van der Waals surface area contributed by atoms with E-state index in [-0.39, 0.29) is 29.3 Å². The van der Waals surface area contributed by atoms with Gasteiger partial charge in [-0.3, -0.25) is 14.3 Å². The van der Waals surface area contributed by atoms with Crippen LogP contribution in [0.15, 0.2) is 30.5 Å². The summed E-state index contributed by atoms with van der Waals surface area (Å²) in [4.78, 5) is 35.3. The maximum Gasteiger partial charge on any atom is 0.343 e. The Bertz CT molecular complexity index is 782. The van der Waals surface area contributed by atoms with Gasteiger partial charge in [0.2, 0.25) is 0 Å². The summed E-state index contributed by atoms with van der Waals surface area (Å²) >= 11 is 0. The molecule has 2 rings (SSSR count). The molecule has 0 atom stereocenters. The van der Waals surface area contributed by atoms with Gasteiger partial charge >= 0.3 is 11.9 Å². The van der Waals surface area contributed by atoms with Gasteiger partial charge in [0.15, 0.2) is 0 Å². The molecule has 0 saturated carbocycles. The van der Waals surface area contributed by atoms with Crippen LogP contribution < -0.4 is 10.1 Å². The fourth-order valence-electron chi connectivity index (χ4n) is 1.99. The van der Waals surface area contributed by atoms with Gasteiger partial charge in [0, 0.05) is 19.5 Å². The molecule has 126 valence electrons. The molecule has 0 aliphatic carbocycles. The van der Waals surface area contributed by atoms with Gasteiger partial charge in [-0.2, -0.15) is 5.10 Å². The van der Waals surface area contributed by atoms with E-state index in [0.29, 0.717) is 0 Å². The number of rotatable bonds is 5. The van der Waals surface area contributed by atoms with E-state index in [9.17, 15) is 14.4 Å². The van der Waals surface area contributed by atoms with Crippen molar-refractivity contribution in [2.24, 2.45) is 7.05 Å². The third-order valence-corrected chi connectivity index (χ3v) is 3.02. The molecule has 1 aromatic heterocycles. The highest BCUT2D eigenvalue weighted by Gasteiger charge is 2.20. The van der Waals surface area contributed by atoms with Crippen LogP contribution in [0, 0.1) is 0 Å². The smallest absolute Gasteiger partial charge is 0.343 e. The number of esters is 2. The number of aromatic nitrogens is 2. The van der Waals surface area contributed by atoms with Gasteiger partial charge in [0.05, 0.1) is 12.8 Å². The summed E-state index contributed by atoms with van der Waals surface area (Å²) in [7, 11) is 1.59. The van der Waals surface area contributed by atoms with E-state index in [2.05, 4.69) is 10.4 Å². The highest BCUT2D eigenvalue weighted by atomic mass is 16.5. The highest BCUT2D eigenvalue weighted by molar-refractivity contribution is 6.07. The maximum absolute atomic E-state index is 12.4. The molecule has 1 heterocycles. The molecular weight excluding hydrogens is 314 g/mol. The minimum atomic E-state index is -0.574. The van der Waals surface area contributed by atoms with Crippen LogP contribution in [0.2, 0.25) is 0 Å². The van der Waals surface area contributed by atoms with E-state index >= 15 is 0 Å². The van der Waals surface area contributed by atoms with E-state index < -0.39 is 17.8 Å². The average molecular weight is 331 g/mol. The predicted octanol–water partition coefficient (Wildman–Crippen LogP) is 1.77. The Morgan fingerprint density at radius 3 is 2.71 bits per heavy atom. The summed E-state index contributed by atoms with van der Waals surface area (Å²) < 4.78 is 11.2. The van der Waals surface area contributed by atoms with Gasteiger partial charge in [0.1, 0.15) is 17.1 Å². The lowest BCUT2D eigenvalue weighted by Crippen LogP contribution is -2.17. The lowest BCUT2D eigenvalue weighted by atomic mass is 10.2. The zero-order valence-electron chi connectivity index (χ0n) is 13.5. The number of amides is 1. The van der Waals surface area contributed by atoms with Crippen LogP contribution in [0.5, 0.6) is 5.75 Å². The summed E-state index contributed by atoms with van der Waals surface area (Å²) in [5.74, 6) is -1.06. The Kier molecular flexibility index (Phi) is 5.31. The molecule has 0 aliphatic rings. The Morgan fingerprint density at radius 1 is 1.29 bits per heavy atom. The van der Waals surface area contributed by atoms with Crippen molar-refractivity contribution in [3.05, 3.63) is 41.6 Å². The van der Waals surface area contributed by atoms with Crippen molar-refractivity contribution in [1.82, 2.24) is 9.78 Å². The number of hydrogen-bond acceptors (Lipinski definition) is 6. The van der Waals surface area contributed by atoms with Crippen molar-refractivity contribution >= 4 is 23.7 Å². The molecule has 24 heavy (non-hydrogen) atoms. The molecular formula is C16H17N3O5. The largest absolute Gasteiger partial charge is 0.462 e. The fraction of sp³-hybridized carbons (Fsp3) is 0.250. The van der Waals surface area contributed by atoms with E-state index in [4.69, 9.17) is 9.47 Å². The molecule has 0 radical (unpaired) electrons. The van der Waals surface area contributed by atoms with Crippen molar-refractivity contribution in [2.75, 3.05) is 11.9 Å². The predicted molar refractivity (Wildman–Crippen MR) is 84.9 cm³/mol. The van der Waals surface area contributed by atoms with Crippen molar-refractivity contribution in [3.63, 3.8) is 0 Å². The third-order valence-electron chi connectivity index (χ3n) is 3.02. The van der Waals surface area contributed by atoms with E-state index in [1.807, 2.05) is 0 Å². The monoisotopic (exact) mass is 331 g/mol. The number of nitrogens with zero attached hydrogens (tertiary/aromatic N) is 2. The van der Waals surface area contributed by atoms with Crippen LogP contribution in [0.4, 0.5) is 5.82 Å². The third kappa shape index (κ3) is 3.97. The minimum absolute atomic E-state index is 0.156. The van der Waals surface area contributed by atoms with E-state index in [1.54, 1.807) is 32.2 Å². The Labute approximate surface area is 138 Å². The first-order valence-electron chi connectivity index (χ1n) is 7.21. The van der Waals surface area contributed by atoms with E-state index in [0.717, 1.165) is 0 Å². The van der Waals surface area contributed by atoms with Gasteiger partial charge in [-0.05, 0) is 25.1 Å². The Morgan fingerprint density at radius 2 is 2.04 bits per heavy atom. The normalized spacial score (nSPS) is 10.1. The van der Waals surface area contributed by atoms with Crippen molar-refractivity contribution in [1.29, 1.82) is 0 Å². The van der Waals surface area contributed by atoms with Gasteiger partial charge in [0.25, 0.3) is 5.91 Å². The topological polar surface area (TPSA) is 99.5 Å². The number of anilines is 1. The van der Waals surface area contributed by atoms with Crippen LogP contribution in [-0.2, 0) is 16.6 Å². The number of ether oxygens (including phenoxy) is 2. The second-order valence-corrected chi connectivity index (χ2v) is 4.83. The number of nitrogens with one attached hydrogen (secondary N) is 1. The second kappa shape index (κ2) is 7.40. The molecule has 2 aromatic rings. The number of aryl methyl sites for hydroxylation is 1. The summed E-state index contributed by atoms with van der Waals surface area (Å²) in [6.07, 6.45) is 1.32.